The first-order valence-corrected chi connectivity index (χ1v) is 16.9. The summed E-state index contributed by atoms with van der Waals surface area (Å²) >= 11 is 0. The normalized spacial score (nSPS) is 41.4. The number of rotatable bonds is 4. The summed E-state index contributed by atoms with van der Waals surface area (Å²) in [6, 6.07) is 9.19. The summed E-state index contributed by atoms with van der Waals surface area (Å²) in [4.78, 5) is 56.5. The summed E-state index contributed by atoms with van der Waals surface area (Å²) in [6.07, 6.45) is 3.31. The predicted octanol–water partition coefficient (Wildman–Crippen LogP) is 2.12. The van der Waals surface area contributed by atoms with Gasteiger partial charge in [-0.3, -0.25) is 19.2 Å². The van der Waals surface area contributed by atoms with E-state index in [1.807, 2.05) is 50.3 Å². The van der Waals surface area contributed by atoms with Crippen molar-refractivity contribution in [2.24, 2.45) is 46.2 Å². The van der Waals surface area contributed by atoms with Gasteiger partial charge < -0.3 is 31.1 Å². The number of nitrogens with two attached hydrogens (primary N) is 1. The maximum absolute atomic E-state index is 14.9. The Balaban J connectivity index is 1.55. The number of fused-ring (bicyclic) bond motifs is 2. The lowest BCUT2D eigenvalue weighted by Gasteiger charge is -2.53. The molecule has 1 aliphatic heterocycles. The molecule has 1 spiro atoms. The Kier molecular flexibility index (Phi) is 9.00. The number of primary amides is 1. The third-order valence-electron chi connectivity index (χ3n) is 12.1. The summed E-state index contributed by atoms with van der Waals surface area (Å²) in [5.74, 6) is -5.27. The highest BCUT2D eigenvalue weighted by molar-refractivity contribution is 6.14. The number of nitrogens with one attached hydrogen (secondary N) is 1. The summed E-state index contributed by atoms with van der Waals surface area (Å²) in [5, 5.41) is 36.8. The van der Waals surface area contributed by atoms with Gasteiger partial charge in [0.05, 0.1) is 24.4 Å². The van der Waals surface area contributed by atoms with Crippen LogP contribution < -0.4 is 11.1 Å². The second-order valence-electron chi connectivity index (χ2n) is 14.5. The van der Waals surface area contributed by atoms with Gasteiger partial charge >= 0.3 is 0 Å². The number of hydrogen-bond acceptors (Lipinski definition) is 8. The summed E-state index contributed by atoms with van der Waals surface area (Å²) in [6.45, 7) is 8.15. The fourth-order valence-corrected chi connectivity index (χ4v) is 9.67. The van der Waals surface area contributed by atoms with Gasteiger partial charge in [-0.2, -0.15) is 0 Å². The van der Waals surface area contributed by atoms with Crippen LogP contribution in [0.3, 0.4) is 0 Å². The maximum Gasteiger partial charge on any atom is 0.235 e. The van der Waals surface area contributed by atoms with Gasteiger partial charge in [0.15, 0.2) is 11.6 Å². The minimum Gasteiger partial charge on any atom is -0.390 e. The van der Waals surface area contributed by atoms with Gasteiger partial charge in [0.25, 0.3) is 0 Å². The molecule has 0 radical (unpaired) electrons. The quantitative estimate of drug-likeness (QED) is 0.241. The van der Waals surface area contributed by atoms with Gasteiger partial charge in [-0.05, 0) is 60.3 Å². The van der Waals surface area contributed by atoms with Gasteiger partial charge in [-0.15, -0.1) is 0 Å². The Morgan fingerprint density at radius 1 is 1.08 bits per heavy atom. The van der Waals surface area contributed by atoms with Crippen molar-refractivity contribution < 1.29 is 39.2 Å². The highest BCUT2D eigenvalue weighted by Crippen LogP contribution is 2.62. The predicted molar refractivity (Wildman–Crippen MR) is 177 cm³/mol. The zero-order chi connectivity index (χ0) is 34.7. The molecule has 1 aromatic carbocycles. The fraction of sp³-hybridized carbons (Fsp3) is 0.526. The molecule has 0 unspecified atom stereocenters. The zero-order valence-corrected chi connectivity index (χ0v) is 27.7. The van der Waals surface area contributed by atoms with Crippen molar-refractivity contribution in [1.29, 1.82) is 0 Å². The van der Waals surface area contributed by atoms with E-state index >= 15 is 0 Å². The largest absolute Gasteiger partial charge is 0.390 e. The van der Waals surface area contributed by atoms with E-state index < -0.39 is 82.6 Å². The molecule has 256 valence electrons. The number of carbonyl (C=O) groups excluding carboxylic acids is 4. The molecule has 4 aliphatic carbocycles. The molecular weight excluding hydrogens is 612 g/mol. The maximum atomic E-state index is 14.9. The van der Waals surface area contributed by atoms with Crippen LogP contribution in [0.2, 0.25) is 0 Å². The number of methoxy groups -OCH3 is 1. The SMILES string of the molecule is C=C1[C@@H](C)[C@H]2[C@H](Cc3ccccc3)NC(=O)[C@]23C(=O)C=CC2=C(C(=O)CCC[C@@H](C)CC=C[C@H]3[C@@H]1O)[C@H](OC)[C@H]1[C@H](O)[C@H](O)[C@@]21C(N)=O. The van der Waals surface area contributed by atoms with Gasteiger partial charge in [-0.25, -0.2) is 0 Å². The van der Waals surface area contributed by atoms with Crippen LogP contribution in [-0.2, 0) is 30.3 Å². The molecule has 6 rings (SSSR count). The van der Waals surface area contributed by atoms with Crippen LogP contribution >= 0.6 is 0 Å². The van der Waals surface area contributed by atoms with Crippen LogP contribution in [0.5, 0.6) is 0 Å². The Labute approximate surface area is 280 Å². The molecule has 3 fully saturated rings. The first kappa shape index (κ1) is 34.2. The molecule has 1 aromatic rings. The number of ether oxygens (including phenoxy) is 1. The molecule has 5 aliphatic rings. The molecule has 10 nitrogen and oxygen atoms in total. The number of Topliss-reactive ketones (excluding diaryl/α,β-unsaturated/α-hetero) is 1. The van der Waals surface area contributed by atoms with Crippen molar-refractivity contribution in [3.63, 3.8) is 0 Å². The van der Waals surface area contributed by atoms with Gasteiger partial charge in [-0.1, -0.05) is 69.0 Å². The van der Waals surface area contributed by atoms with Gasteiger partial charge in [0.1, 0.15) is 10.8 Å². The Bertz CT molecular complexity index is 1610. The lowest BCUT2D eigenvalue weighted by molar-refractivity contribution is -0.213. The molecule has 48 heavy (non-hydrogen) atoms. The molecule has 10 heteroatoms. The van der Waals surface area contributed by atoms with E-state index in [0.717, 1.165) is 5.56 Å². The topological polar surface area (TPSA) is 176 Å². The Morgan fingerprint density at radius 2 is 1.79 bits per heavy atom. The molecule has 0 bridgehead atoms. The van der Waals surface area contributed by atoms with Crippen molar-refractivity contribution in [2.45, 2.75) is 76.4 Å². The number of ketones is 2. The molecule has 1 saturated heterocycles. The number of aliphatic hydroxyl groups excluding tert-OH is 3. The number of benzene rings is 1. The van der Waals surface area contributed by atoms with Crippen molar-refractivity contribution in [2.75, 3.05) is 7.11 Å². The summed E-state index contributed by atoms with van der Waals surface area (Å²) < 4.78 is 5.70. The van der Waals surface area contributed by atoms with Crippen LogP contribution in [0.4, 0.5) is 0 Å². The zero-order valence-electron chi connectivity index (χ0n) is 27.7. The van der Waals surface area contributed by atoms with Crippen molar-refractivity contribution in [3.05, 3.63) is 83.5 Å². The van der Waals surface area contributed by atoms with Crippen molar-refractivity contribution in [3.8, 4) is 0 Å². The monoisotopic (exact) mass is 658 g/mol. The summed E-state index contributed by atoms with van der Waals surface area (Å²) in [5.41, 5.74) is 3.95. The van der Waals surface area contributed by atoms with E-state index in [4.69, 9.17) is 10.5 Å². The first-order valence-electron chi connectivity index (χ1n) is 16.9. The van der Waals surface area contributed by atoms with Crippen LogP contribution in [-0.4, -0.2) is 76.3 Å². The smallest absolute Gasteiger partial charge is 0.235 e. The minimum absolute atomic E-state index is 0.0269. The second kappa shape index (κ2) is 12.6. The van der Waals surface area contributed by atoms with E-state index in [9.17, 15) is 34.5 Å². The lowest BCUT2D eigenvalue weighted by Crippen LogP contribution is -2.70. The molecule has 12 atom stereocenters. The van der Waals surface area contributed by atoms with Crippen molar-refractivity contribution >= 4 is 23.4 Å². The van der Waals surface area contributed by atoms with Crippen molar-refractivity contribution in [1.82, 2.24) is 5.32 Å². The molecule has 2 amide bonds. The third kappa shape index (κ3) is 4.75. The minimum atomic E-state index is -1.87. The highest BCUT2D eigenvalue weighted by Gasteiger charge is 2.74. The Morgan fingerprint density at radius 3 is 2.46 bits per heavy atom. The van der Waals surface area contributed by atoms with Crippen LogP contribution in [0.25, 0.3) is 0 Å². The Hall–Kier alpha value is -3.70. The van der Waals surface area contributed by atoms with Crippen LogP contribution in [0.15, 0.2) is 77.9 Å². The molecular formula is C38H46N2O8. The number of carbonyl (C=O) groups is 4. The fourth-order valence-electron chi connectivity index (χ4n) is 9.67. The molecule has 6 N–H and O–H groups in total. The number of aliphatic hydroxyl groups is 3. The molecule has 2 saturated carbocycles. The number of allylic oxidation sites excluding steroid dienone is 3. The number of hydrogen-bond donors (Lipinski definition) is 5. The standard InChI is InChI=1S/C38H46N2O8/c1-19-10-8-14-24-31(43)21(3)20(2)29-25(18-22-12-6-5-7-13-22)40-36(47)37(24,29)27(42)17-16-23-28(26(41)15-9-11-19)33(48-4)30-32(44)34(45)38(23,30)35(39)46/h5-8,12-14,16-17,19-20,24-25,29-34,43-45H,3,9-11,15,18H2,1-2,4H3,(H2,39,46)(H,40,47)/t19-,20+,24-,25-,29-,30+,31+,32-,33-,34-,37+,38+/m0/s1. The second-order valence-corrected chi connectivity index (χ2v) is 14.5. The average Bonchev–Trinajstić information content (AvgIpc) is 3.51. The van der Waals surface area contributed by atoms with Crippen LogP contribution in [0, 0.1) is 40.4 Å². The third-order valence-corrected chi connectivity index (χ3v) is 12.1. The molecule has 0 aromatic heterocycles. The van der Waals surface area contributed by atoms with E-state index in [2.05, 4.69) is 11.9 Å². The summed E-state index contributed by atoms with van der Waals surface area (Å²) in [7, 11) is 1.36. The highest BCUT2D eigenvalue weighted by atomic mass is 16.5. The average molecular weight is 659 g/mol. The van der Waals surface area contributed by atoms with Gasteiger partial charge in [0.2, 0.25) is 11.8 Å². The lowest BCUT2D eigenvalue weighted by atomic mass is 9.51. The van der Waals surface area contributed by atoms with E-state index in [1.165, 1.54) is 19.3 Å². The van der Waals surface area contributed by atoms with E-state index in [1.54, 1.807) is 6.08 Å². The number of amides is 2. The molecule has 1 heterocycles. The first-order chi connectivity index (χ1) is 22.8. The van der Waals surface area contributed by atoms with Crippen LogP contribution in [0.1, 0.15) is 45.1 Å². The van der Waals surface area contributed by atoms with E-state index in [-0.39, 0.29) is 29.3 Å². The van der Waals surface area contributed by atoms with E-state index in [0.29, 0.717) is 31.3 Å². The van der Waals surface area contributed by atoms with Gasteiger partial charge in [0, 0.05) is 42.9 Å².